The molecule has 0 radical (unpaired) electrons. The van der Waals surface area contributed by atoms with E-state index in [2.05, 4.69) is 39.6 Å². The van der Waals surface area contributed by atoms with Gasteiger partial charge >= 0.3 is 0 Å². The second-order valence-corrected chi connectivity index (χ2v) is 11.7. The highest BCUT2D eigenvalue weighted by atomic mass is 32.2. The first-order valence-electron chi connectivity index (χ1n) is 13.8. The van der Waals surface area contributed by atoms with Gasteiger partial charge in [-0.1, -0.05) is 72.8 Å². The Bertz CT molecular complexity index is 1670. The maximum atomic E-state index is 12.9. The maximum absolute atomic E-state index is 12.9. The first kappa shape index (κ1) is 30.3. The molecule has 0 aromatic heterocycles. The highest BCUT2D eigenvalue weighted by Crippen LogP contribution is 2.23. The summed E-state index contributed by atoms with van der Waals surface area (Å²) in [6, 6.07) is 29.9. The fourth-order valence-electron chi connectivity index (χ4n) is 4.29. The van der Waals surface area contributed by atoms with Crippen LogP contribution in [0.25, 0.3) is 6.08 Å². The highest BCUT2D eigenvalue weighted by Gasteiger charge is 2.17. The largest absolute Gasteiger partial charge is 0.352 e. The summed E-state index contributed by atoms with van der Waals surface area (Å²) < 4.78 is 28.5. The third kappa shape index (κ3) is 8.91. The number of hydrogen-bond acceptors (Lipinski definition) is 4. The minimum Gasteiger partial charge on any atom is -0.352 e. The lowest BCUT2D eigenvalue weighted by atomic mass is 10.0. The summed E-state index contributed by atoms with van der Waals surface area (Å²) in [6.07, 6.45) is 5.12. The third-order valence-electron chi connectivity index (χ3n) is 6.88. The minimum atomic E-state index is -3.85. The molecule has 0 aliphatic carbocycles. The molecule has 7 nitrogen and oxygen atoms in total. The Labute approximate surface area is 247 Å². The Morgan fingerprint density at radius 2 is 1.48 bits per heavy atom. The van der Waals surface area contributed by atoms with Crippen molar-refractivity contribution in [3.63, 3.8) is 0 Å². The first-order chi connectivity index (χ1) is 20.2. The zero-order chi connectivity index (χ0) is 30.0. The molecule has 0 aliphatic heterocycles. The summed E-state index contributed by atoms with van der Waals surface area (Å²) in [5, 5.41) is 5.40. The second kappa shape index (κ2) is 14.3. The predicted molar refractivity (Wildman–Crippen MR) is 169 cm³/mol. The number of benzene rings is 4. The molecule has 4 aromatic rings. The molecule has 0 bridgehead atoms. The number of carbonyl (C=O) groups excluding carboxylic acids is 2. The number of nitrogens with one attached hydrogen (secondary N) is 3. The molecule has 42 heavy (non-hydrogen) atoms. The monoisotopic (exact) mass is 581 g/mol. The summed E-state index contributed by atoms with van der Waals surface area (Å²) in [7, 11) is -3.85. The van der Waals surface area contributed by atoms with Gasteiger partial charge in [0.05, 0.1) is 10.6 Å². The van der Waals surface area contributed by atoms with E-state index in [1.54, 1.807) is 30.3 Å². The molecular weight excluding hydrogens is 546 g/mol. The summed E-state index contributed by atoms with van der Waals surface area (Å²) in [4.78, 5) is 24.7. The highest BCUT2D eigenvalue weighted by molar-refractivity contribution is 7.92. The van der Waals surface area contributed by atoms with E-state index in [-0.39, 0.29) is 29.7 Å². The SMILES string of the molecule is Cc1cccc(NS(=O)(=O)c2cccc(NC(=O)CCNC(=O)/C=C/c3ccc(CCc4ccccc4)cc3)c2)c1C. The summed E-state index contributed by atoms with van der Waals surface area (Å²) in [5.41, 5.74) is 6.11. The van der Waals surface area contributed by atoms with Crippen LogP contribution in [-0.4, -0.2) is 26.8 Å². The van der Waals surface area contributed by atoms with Crippen LogP contribution < -0.4 is 15.4 Å². The molecule has 8 heteroatoms. The van der Waals surface area contributed by atoms with Crippen molar-refractivity contribution in [3.05, 3.63) is 131 Å². The van der Waals surface area contributed by atoms with Crippen LogP contribution >= 0.6 is 0 Å². The summed E-state index contributed by atoms with van der Waals surface area (Å²) in [5.74, 6) is -0.649. The van der Waals surface area contributed by atoms with Crippen LogP contribution in [0.3, 0.4) is 0 Å². The van der Waals surface area contributed by atoms with E-state index in [4.69, 9.17) is 0 Å². The van der Waals surface area contributed by atoms with Crippen molar-refractivity contribution in [2.75, 3.05) is 16.6 Å². The first-order valence-corrected chi connectivity index (χ1v) is 15.3. The van der Waals surface area contributed by atoms with E-state index in [0.717, 1.165) is 29.5 Å². The zero-order valence-corrected chi connectivity index (χ0v) is 24.6. The molecule has 2 amide bonds. The van der Waals surface area contributed by atoms with Gasteiger partial charge in [0.15, 0.2) is 0 Å². The second-order valence-electron chi connectivity index (χ2n) is 10.0. The van der Waals surface area contributed by atoms with Crippen molar-refractivity contribution in [2.24, 2.45) is 0 Å². The van der Waals surface area contributed by atoms with Gasteiger partial charge in [-0.2, -0.15) is 0 Å². The number of aryl methyl sites for hydroxylation is 3. The Morgan fingerprint density at radius 1 is 0.786 bits per heavy atom. The molecule has 0 saturated heterocycles. The number of sulfonamides is 1. The normalized spacial score (nSPS) is 11.3. The topological polar surface area (TPSA) is 104 Å². The number of amides is 2. The van der Waals surface area contributed by atoms with Crippen molar-refractivity contribution in [1.82, 2.24) is 5.32 Å². The van der Waals surface area contributed by atoms with Crippen molar-refractivity contribution in [1.29, 1.82) is 0 Å². The predicted octanol–water partition coefficient (Wildman–Crippen LogP) is 6.05. The molecule has 0 unspecified atom stereocenters. The average Bonchev–Trinajstić information content (AvgIpc) is 2.98. The smallest absolute Gasteiger partial charge is 0.261 e. The fourth-order valence-corrected chi connectivity index (χ4v) is 5.46. The van der Waals surface area contributed by atoms with Gasteiger partial charge in [-0.25, -0.2) is 8.42 Å². The zero-order valence-electron chi connectivity index (χ0n) is 23.8. The summed E-state index contributed by atoms with van der Waals surface area (Å²) >= 11 is 0. The van der Waals surface area contributed by atoms with Crippen LogP contribution in [0.2, 0.25) is 0 Å². The van der Waals surface area contributed by atoms with Gasteiger partial charge < -0.3 is 10.6 Å². The number of hydrogen-bond donors (Lipinski definition) is 3. The molecular formula is C34H35N3O4S. The van der Waals surface area contributed by atoms with Gasteiger partial charge in [0.1, 0.15) is 0 Å². The van der Waals surface area contributed by atoms with E-state index in [1.165, 1.54) is 29.3 Å². The number of carbonyl (C=O) groups is 2. The molecule has 0 saturated carbocycles. The van der Waals surface area contributed by atoms with Gasteiger partial charge in [0.2, 0.25) is 11.8 Å². The van der Waals surface area contributed by atoms with E-state index >= 15 is 0 Å². The van der Waals surface area contributed by atoms with Gasteiger partial charge in [-0.15, -0.1) is 0 Å². The molecule has 0 atom stereocenters. The molecule has 0 fully saturated rings. The molecule has 3 N–H and O–H groups in total. The lowest BCUT2D eigenvalue weighted by Gasteiger charge is -2.13. The van der Waals surface area contributed by atoms with E-state index in [0.29, 0.717) is 11.4 Å². The van der Waals surface area contributed by atoms with Gasteiger partial charge in [-0.3, -0.25) is 14.3 Å². The molecule has 0 heterocycles. The standard InChI is InChI=1S/C34H35N3O4S/c1-25-8-6-13-32(26(25)2)37-42(40,41)31-12-7-11-30(24-31)36-34(39)22-23-35-33(38)21-20-29-18-16-28(17-19-29)15-14-27-9-4-3-5-10-27/h3-13,16-21,24,37H,14-15,22-23H2,1-2H3,(H,35,38)(H,36,39)/b21-20+. The Kier molecular flexibility index (Phi) is 10.3. The van der Waals surface area contributed by atoms with Crippen molar-refractivity contribution in [3.8, 4) is 0 Å². The van der Waals surface area contributed by atoms with E-state index in [9.17, 15) is 18.0 Å². The number of anilines is 2. The quantitative estimate of drug-likeness (QED) is 0.177. The number of rotatable bonds is 12. The van der Waals surface area contributed by atoms with Crippen LogP contribution in [0.1, 0.15) is 34.2 Å². The minimum absolute atomic E-state index is 0.0314. The van der Waals surface area contributed by atoms with Crippen molar-refractivity contribution in [2.45, 2.75) is 38.0 Å². The van der Waals surface area contributed by atoms with Gasteiger partial charge in [0.25, 0.3) is 10.0 Å². The van der Waals surface area contributed by atoms with Gasteiger partial charge in [0, 0.05) is 24.7 Å². The Morgan fingerprint density at radius 3 is 2.21 bits per heavy atom. The van der Waals surface area contributed by atoms with Gasteiger partial charge in [-0.05, 0) is 84.8 Å². The molecule has 0 spiro atoms. The fraction of sp³-hybridized carbons (Fsp3) is 0.176. The van der Waals surface area contributed by atoms with Crippen LogP contribution in [-0.2, 0) is 32.5 Å². The van der Waals surface area contributed by atoms with Crippen molar-refractivity contribution < 1.29 is 18.0 Å². The van der Waals surface area contributed by atoms with Crippen LogP contribution in [0.15, 0.2) is 108 Å². The molecule has 216 valence electrons. The third-order valence-corrected chi connectivity index (χ3v) is 8.24. The van der Waals surface area contributed by atoms with Crippen LogP contribution in [0.4, 0.5) is 11.4 Å². The maximum Gasteiger partial charge on any atom is 0.261 e. The Hall–Kier alpha value is -4.69. The molecule has 4 rings (SSSR count). The van der Waals surface area contributed by atoms with Crippen molar-refractivity contribution >= 4 is 39.3 Å². The molecule has 4 aromatic carbocycles. The lowest BCUT2D eigenvalue weighted by Crippen LogP contribution is -2.26. The Balaban J connectivity index is 1.22. The van der Waals surface area contributed by atoms with E-state index in [1.807, 2.05) is 50.2 Å². The van der Waals surface area contributed by atoms with Crippen LogP contribution in [0.5, 0.6) is 0 Å². The lowest BCUT2D eigenvalue weighted by molar-refractivity contribution is -0.117. The van der Waals surface area contributed by atoms with Crippen LogP contribution in [0, 0.1) is 13.8 Å². The summed E-state index contributed by atoms with van der Waals surface area (Å²) in [6.45, 7) is 3.90. The average molecular weight is 582 g/mol. The molecule has 0 aliphatic rings. The van der Waals surface area contributed by atoms with E-state index < -0.39 is 10.0 Å².